The Morgan fingerprint density at radius 2 is 2.00 bits per heavy atom. The Morgan fingerprint density at radius 1 is 1.41 bits per heavy atom. The van der Waals surface area contributed by atoms with E-state index in [2.05, 4.69) is 5.32 Å². The monoisotopic (exact) mass is 242 g/mol. The summed E-state index contributed by atoms with van der Waals surface area (Å²) in [5, 5.41) is 11.5. The van der Waals surface area contributed by atoms with E-state index >= 15 is 0 Å². The van der Waals surface area contributed by atoms with Crippen molar-refractivity contribution >= 4 is 17.7 Å². The first-order valence-electron chi connectivity index (χ1n) is 5.81. The van der Waals surface area contributed by atoms with Gasteiger partial charge in [-0.05, 0) is 6.42 Å². The molecule has 0 spiro atoms. The minimum Gasteiger partial charge on any atom is -0.394 e. The number of aliphatic hydroxyl groups is 1. The Hall–Kier alpha value is -1.43. The van der Waals surface area contributed by atoms with Crippen LogP contribution in [0.1, 0.15) is 32.6 Å². The van der Waals surface area contributed by atoms with Gasteiger partial charge in [0.1, 0.15) is 0 Å². The van der Waals surface area contributed by atoms with Gasteiger partial charge in [-0.1, -0.05) is 6.92 Å². The highest BCUT2D eigenvalue weighted by Crippen LogP contribution is 2.11. The molecule has 1 saturated heterocycles. The quantitative estimate of drug-likeness (QED) is 0.610. The van der Waals surface area contributed by atoms with Crippen LogP contribution in [0.15, 0.2) is 0 Å². The molecule has 1 aliphatic rings. The zero-order valence-corrected chi connectivity index (χ0v) is 9.94. The highest BCUT2D eigenvalue weighted by atomic mass is 16.3. The zero-order chi connectivity index (χ0) is 12.8. The summed E-state index contributed by atoms with van der Waals surface area (Å²) in [5.74, 6) is -0.674. The normalized spacial score (nSPS) is 17.4. The van der Waals surface area contributed by atoms with E-state index in [0.717, 1.165) is 4.90 Å². The molecule has 1 rings (SSSR count). The molecule has 96 valence electrons. The molecule has 0 bridgehead atoms. The second kappa shape index (κ2) is 6.34. The van der Waals surface area contributed by atoms with E-state index in [1.165, 1.54) is 0 Å². The maximum absolute atomic E-state index is 11.5. The highest BCUT2D eigenvalue weighted by Gasteiger charge is 2.28. The van der Waals surface area contributed by atoms with Crippen molar-refractivity contribution in [1.29, 1.82) is 0 Å². The first-order valence-corrected chi connectivity index (χ1v) is 5.81. The van der Waals surface area contributed by atoms with E-state index in [1.807, 2.05) is 6.92 Å². The maximum Gasteiger partial charge on any atom is 0.229 e. The summed E-state index contributed by atoms with van der Waals surface area (Å²) >= 11 is 0. The van der Waals surface area contributed by atoms with Gasteiger partial charge in [-0.25, -0.2) is 0 Å². The molecular formula is C11H18N2O4. The fourth-order valence-electron chi connectivity index (χ4n) is 1.66. The molecule has 17 heavy (non-hydrogen) atoms. The third-order valence-electron chi connectivity index (χ3n) is 2.80. The molecule has 1 aliphatic heterocycles. The highest BCUT2D eigenvalue weighted by molar-refractivity contribution is 6.02. The number of carbonyl (C=O) groups excluding carboxylic acids is 3. The number of hydrogen-bond acceptors (Lipinski definition) is 4. The molecule has 0 aliphatic carbocycles. The van der Waals surface area contributed by atoms with Gasteiger partial charge in [0.15, 0.2) is 0 Å². The van der Waals surface area contributed by atoms with Crippen LogP contribution in [0, 0.1) is 0 Å². The van der Waals surface area contributed by atoms with Crippen molar-refractivity contribution in [2.75, 3.05) is 13.2 Å². The van der Waals surface area contributed by atoms with Crippen molar-refractivity contribution in [3.8, 4) is 0 Å². The minimum absolute atomic E-state index is 0.0912. The average molecular weight is 242 g/mol. The van der Waals surface area contributed by atoms with Crippen LogP contribution in [0.2, 0.25) is 0 Å². The van der Waals surface area contributed by atoms with Crippen LogP contribution in [0.5, 0.6) is 0 Å². The lowest BCUT2D eigenvalue weighted by molar-refractivity contribution is -0.138. The minimum atomic E-state index is -0.257. The second-order valence-electron chi connectivity index (χ2n) is 4.04. The van der Waals surface area contributed by atoms with Crippen LogP contribution in [0.3, 0.4) is 0 Å². The molecule has 2 N–H and O–H groups in total. The Bertz CT molecular complexity index is 297. The predicted molar refractivity (Wildman–Crippen MR) is 59.9 cm³/mol. The lowest BCUT2D eigenvalue weighted by Gasteiger charge is -2.16. The number of aliphatic hydroxyl groups excluding tert-OH is 1. The maximum atomic E-state index is 11.5. The van der Waals surface area contributed by atoms with E-state index in [9.17, 15) is 14.4 Å². The van der Waals surface area contributed by atoms with E-state index in [4.69, 9.17) is 5.11 Å². The van der Waals surface area contributed by atoms with E-state index in [-0.39, 0.29) is 56.2 Å². The molecule has 0 aromatic rings. The summed E-state index contributed by atoms with van der Waals surface area (Å²) in [7, 11) is 0. The zero-order valence-electron chi connectivity index (χ0n) is 9.94. The Kier molecular flexibility index (Phi) is 5.09. The SMILES string of the molecule is CC[C@H](CO)NC(=O)CCN1C(=O)CCC1=O. The fraction of sp³-hybridized carbons (Fsp3) is 0.727. The van der Waals surface area contributed by atoms with Gasteiger partial charge in [0.05, 0.1) is 12.6 Å². The average Bonchev–Trinajstić information content (AvgIpc) is 2.63. The van der Waals surface area contributed by atoms with Gasteiger partial charge in [0.25, 0.3) is 0 Å². The molecule has 3 amide bonds. The molecule has 6 nitrogen and oxygen atoms in total. The smallest absolute Gasteiger partial charge is 0.229 e. The largest absolute Gasteiger partial charge is 0.394 e. The van der Waals surface area contributed by atoms with Gasteiger partial charge < -0.3 is 10.4 Å². The fourth-order valence-corrected chi connectivity index (χ4v) is 1.66. The lowest BCUT2D eigenvalue weighted by atomic mass is 10.2. The number of likely N-dealkylation sites (tertiary alicyclic amines) is 1. The number of carbonyl (C=O) groups is 3. The standard InChI is InChI=1S/C11H18N2O4/c1-2-8(7-14)12-9(15)5-6-13-10(16)3-4-11(13)17/h8,14H,2-7H2,1H3,(H,12,15)/t8-/m1/s1. The summed E-state index contributed by atoms with van der Waals surface area (Å²) in [5.41, 5.74) is 0. The number of nitrogens with one attached hydrogen (secondary N) is 1. The lowest BCUT2D eigenvalue weighted by Crippen LogP contribution is -2.39. The molecule has 1 heterocycles. The van der Waals surface area contributed by atoms with Crippen molar-refractivity contribution < 1.29 is 19.5 Å². The molecule has 1 fully saturated rings. The van der Waals surface area contributed by atoms with Crippen LogP contribution < -0.4 is 5.32 Å². The molecule has 0 radical (unpaired) electrons. The predicted octanol–water partition coefficient (Wildman–Crippen LogP) is -0.587. The van der Waals surface area contributed by atoms with E-state index in [0.29, 0.717) is 6.42 Å². The topological polar surface area (TPSA) is 86.7 Å². The van der Waals surface area contributed by atoms with E-state index < -0.39 is 0 Å². The van der Waals surface area contributed by atoms with Crippen molar-refractivity contribution in [3.05, 3.63) is 0 Å². The van der Waals surface area contributed by atoms with Gasteiger partial charge in [-0.15, -0.1) is 0 Å². The van der Waals surface area contributed by atoms with Crippen LogP contribution in [-0.2, 0) is 14.4 Å². The number of nitrogens with zero attached hydrogens (tertiary/aromatic N) is 1. The first kappa shape index (κ1) is 13.6. The summed E-state index contributed by atoms with van der Waals surface area (Å²) in [6.07, 6.45) is 1.22. The summed E-state index contributed by atoms with van der Waals surface area (Å²) < 4.78 is 0. The van der Waals surface area contributed by atoms with Crippen molar-refractivity contribution in [2.45, 2.75) is 38.6 Å². The summed E-state index contributed by atoms with van der Waals surface area (Å²) in [4.78, 5) is 35.1. The number of imide groups is 1. The molecule has 0 unspecified atom stereocenters. The molecule has 0 aromatic heterocycles. The second-order valence-corrected chi connectivity index (χ2v) is 4.04. The molecule has 6 heteroatoms. The molecule has 0 saturated carbocycles. The van der Waals surface area contributed by atoms with Gasteiger partial charge in [-0.2, -0.15) is 0 Å². The Labute approximate surface area is 100.0 Å². The van der Waals surface area contributed by atoms with Crippen LogP contribution in [-0.4, -0.2) is 46.9 Å². The number of hydrogen-bond donors (Lipinski definition) is 2. The Morgan fingerprint density at radius 3 is 2.47 bits per heavy atom. The first-order chi connectivity index (χ1) is 8.08. The molecule has 0 aromatic carbocycles. The van der Waals surface area contributed by atoms with Crippen LogP contribution in [0.4, 0.5) is 0 Å². The Balaban J connectivity index is 2.32. The van der Waals surface area contributed by atoms with E-state index in [1.54, 1.807) is 0 Å². The van der Waals surface area contributed by atoms with Gasteiger partial charge in [0, 0.05) is 25.8 Å². The van der Waals surface area contributed by atoms with Crippen molar-refractivity contribution in [2.24, 2.45) is 0 Å². The van der Waals surface area contributed by atoms with Crippen molar-refractivity contribution in [1.82, 2.24) is 10.2 Å². The molecular weight excluding hydrogens is 224 g/mol. The van der Waals surface area contributed by atoms with Crippen LogP contribution in [0.25, 0.3) is 0 Å². The number of rotatable bonds is 6. The third-order valence-corrected chi connectivity index (χ3v) is 2.80. The van der Waals surface area contributed by atoms with Crippen LogP contribution >= 0.6 is 0 Å². The number of amides is 3. The van der Waals surface area contributed by atoms with Gasteiger partial charge >= 0.3 is 0 Å². The van der Waals surface area contributed by atoms with Gasteiger partial charge in [0.2, 0.25) is 17.7 Å². The summed E-state index contributed by atoms with van der Waals surface area (Å²) in [6.45, 7) is 1.88. The third kappa shape index (κ3) is 3.81. The van der Waals surface area contributed by atoms with Crippen molar-refractivity contribution in [3.63, 3.8) is 0 Å². The molecule has 1 atom stereocenters. The van der Waals surface area contributed by atoms with Gasteiger partial charge in [-0.3, -0.25) is 19.3 Å². The summed E-state index contributed by atoms with van der Waals surface area (Å²) in [6, 6.07) is -0.257.